The van der Waals surface area contributed by atoms with E-state index in [9.17, 15) is 19.5 Å². The summed E-state index contributed by atoms with van der Waals surface area (Å²) in [5.41, 5.74) is -0.847. The highest BCUT2D eigenvalue weighted by Gasteiger charge is 2.66. The Bertz CT molecular complexity index is 769. The van der Waals surface area contributed by atoms with Gasteiger partial charge in [-0.2, -0.15) is 0 Å². The molecule has 7 atom stereocenters. The van der Waals surface area contributed by atoms with E-state index in [0.29, 0.717) is 25.2 Å². The molecule has 0 radical (unpaired) electrons. The molecule has 0 unspecified atom stereocenters. The fraction of sp³-hybridized carbons (Fsp3) is 0.783. The summed E-state index contributed by atoms with van der Waals surface area (Å²) in [4.78, 5) is 36.3. The van der Waals surface area contributed by atoms with Crippen molar-refractivity contribution in [2.75, 3.05) is 0 Å². The average Bonchev–Trinajstić information content (AvgIpc) is 2.89. The number of carbonyl (C=O) groups excluding carboxylic acids is 3. The van der Waals surface area contributed by atoms with Crippen molar-refractivity contribution in [1.29, 1.82) is 0 Å². The second kappa shape index (κ2) is 6.25. The molecule has 0 amide bonds. The number of aliphatic hydroxyl groups is 1. The summed E-state index contributed by atoms with van der Waals surface area (Å²) in [6.07, 6.45) is 6.48. The topological polar surface area (TPSA) is 80.7 Å². The van der Waals surface area contributed by atoms with Crippen LogP contribution in [0.1, 0.15) is 72.6 Å². The third-order valence-corrected chi connectivity index (χ3v) is 9.00. The molecule has 0 spiro atoms. The monoisotopic (exact) mass is 388 g/mol. The zero-order valence-corrected chi connectivity index (χ0v) is 17.4. The molecule has 0 aromatic rings. The van der Waals surface area contributed by atoms with Gasteiger partial charge in [-0.3, -0.25) is 14.4 Å². The second-order valence-electron chi connectivity index (χ2n) is 10.1. The minimum Gasteiger partial charge on any atom is -0.458 e. The minimum absolute atomic E-state index is 0.121. The third kappa shape index (κ3) is 2.51. The SMILES string of the molecule is CC(=O)O[C@H]1C[C@@H]2[C@H](CC[C@@]3(C)[C@H]2CC[C@@]3(O)C(C)=O)[C@@]2(C)CCC(=O)C=C12. The Kier molecular flexibility index (Phi) is 4.42. The van der Waals surface area contributed by atoms with E-state index in [0.717, 1.165) is 31.3 Å². The van der Waals surface area contributed by atoms with Gasteiger partial charge in [-0.15, -0.1) is 0 Å². The number of ether oxygens (including phenoxy) is 1. The van der Waals surface area contributed by atoms with Crippen LogP contribution in [0.25, 0.3) is 0 Å². The van der Waals surface area contributed by atoms with E-state index in [2.05, 4.69) is 13.8 Å². The van der Waals surface area contributed by atoms with Crippen LogP contribution in [0.3, 0.4) is 0 Å². The van der Waals surface area contributed by atoms with E-state index in [1.807, 2.05) is 0 Å². The lowest BCUT2D eigenvalue weighted by Gasteiger charge is -2.60. The number of fused-ring (bicyclic) bond motifs is 5. The standard InChI is InChI=1S/C23H32O5/c1-13(24)23(27)10-7-18-16-12-20(28-14(2)25)19-11-15(26)5-8-21(19,3)17(16)6-9-22(18,23)4/h11,16-18,20,27H,5-10,12H2,1-4H3/t16-,17+,18+,20+,21-,22+,23-/m1/s1. The number of Topliss-reactive ketones (excluding diaryl/α,β-unsaturated/α-hetero) is 1. The number of hydrogen-bond donors (Lipinski definition) is 1. The minimum atomic E-state index is -1.25. The Morgan fingerprint density at radius 1 is 1.11 bits per heavy atom. The van der Waals surface area contributed by atoms with E-state index < -0.39 is 11.0 Å². The lowest BCUT2D eigenvalue weighted by atomic mass is 9.45. The maximum absolute atomic E-state index is 12.4. The van der Waals surface area contributed by atoms with Gasteiger partial charge in [0.1, 0.15) is 11.7 Å². The zero-order valence-electron chi connectivity index (χ0n) is 17.4. The number of rotatable bonds is 2. The molecule has 4 rings (SSSR count). The Balaban J connectivity index is 1.75. The van der Waals surface area contributed by atoms with Crippen molar-refractivity contribution in [3.8, 4) is 0 Å². The maximum Gasteiger partial charge on any atom is 0.303 e. The van der Waals surface area contributed by atoms with Gasteiger partial charge in [0.15, 0.2) is 11.6 Å². The van der Waals surface area contributed by atoms with Crippen molar-refractivity contribution in [2.24, 2.45) is 28.6 Å². The largest absolute Gasteiger partial charge is 0.458 e. The first-order valence-corrected chi connectivity index (χ1v) is 10.7. The highest BCUT2D eigenvalue weighted by atomic mass is 16.5. The number of esters is 1. The summed E-state index contributed by atoms with van der Waals surface area (Å²) in [5.74, 6) is 0.580. The van der Waals surface area contributed by atoms with Crippen LogP contribution in [0.15, 0.2) is 11.6 Å². The van der Waals surface area contributed by atoms with Crippen molar-refractivity contribution in [2.45, 2.75) is 84.3 Å². The van der Waals surface area contributed by atoms with Gasteiger partial charge in [0.05, 0.1) is 0 Å². The summed E-state index contributed by atoms with van der Waals surface area (Å²) >= 11 is 0. The fourth-order valence-electron chi connectivity index (χ4n) is 7.49. The van der Waals surface area contributed by atoms with Crippen molar-refractivity contribution in [1.82, 2.24) is 0 Å². The van der Waals surface area contributed by atoms with Crippen LogP contribution in [-0.4, -0.2) is 34.3 Å². The summed E-state index contributed by atoms with van der Waals surface area (Å²) in [5, 5.41) is 11.3. The van der Waals surface area contributed by atoms with Gasteiger partial charge in [-0.1, -0.05) is 13.8 Å². The summed E-state index contributed by atoms with van der Waals surface area (Å²) < 4.78 is 5.72. The molecule has 0 aromatic heterocycles. The highest BCUT2D eigenvalue weighted by Crippen LogP contribution is 2.67. The van der Waals surface area contributed by atoms with Crippen LogP contribution < -0.4 is 0 Å². The van der Waals surface area contributed by atoms with Crippen LogP contribution in [0.5, 0.6) is 0 Å². The molecular formula is C23H32O5. The molecule has 5 nitrogen and oxygen atoms in total. The van der Waals surface area contributed by atoms with Gasteiger partial charge in [0, 0.05) is 18.8 Å². The number of ketones is 2. The van der Waals surface area contributed by atoms with Crippen LogP contribution >= 0.6 is 0 Å². The van der Waals surface area contributed by atoms with E-state index >= 15 is 0 Å². The maximum atomic E-state index is 12.4. The molecule has 0 saturated heterocycles. The Labute approximate surface area is 166 Å². The van der Waals surface area contributed by atoms with Crippen LogP contribution in [0, 0.1) is 28.6 Å². The number of hydrogen-bond acceptors (Lipinski definition) is 5. The van der Waals surface area contributed by atoms with Crippen LogP contribution in [0.4, 0.5) is 0 Å². The summed E-state index contributed by atoms with van der Waals surface area (Å²) in [6, 6.07) is 0. The molecule has 0 bridgehead atoms. The molecule has 0 aliphatic heterocycles. The Morgan fingerprint density at radius 2 is 1.79 bits per heavy atom. The molecular weight excluding hydrogens is 356 g/mol. The summed E-state index contributed by atoms with van der Waals surface area (Å²) in [7, 11) is 0. The Hall–Kier alpha value is -1.49. The van der Waals surface area contributed by atoms with Gasteiger partial charge < -0.3 is 9.84 Å². The molecule has 5 heteroatoms. The molecule has 3 saturated carbocycles. The van der Waals surface area contributed by atoms with Gasteiger partial charge >= 0.3 is 5.97 Å². The van der Waals surface area contributed by atoms with Gasteiger partial charge in [-0.25, -0.2) is 0 Å². The van der Waals surface area contributed by atoms with Crippen molar-refractivity contribution < 1.29 is 24.2 Å². The van der Waals surface area contributed by atoms with Crippen LogP contribution in [0.2, 0.25) is 0 Å². The van der Waals surface area contributed by atoms with Crippen molar-refractivity contribution in [3.63, 3.8) is 0 Å². The first kappa shape index (κ1) is 19.8. The lowest BCUT2D eigenvalue weighted by Crippen LogP contribution is -2.58. The normalized spacial score (nSPS) is 47.5. The summed E-state index contributed by atoms with van der Waals surface area (Å²) in [6.45, 7) is 7.25. The van der Waals surface area contributed by atoms with Gasteiger partial charge in [0.2, 0.25) is 0 Å². The predicted octanol–water partition coefficient (Wildman–Crippen LogP) is 3.38. The molecule has 3 fully saturated rings. The fourth-order valence-corrected chi connectivity index (χ4v) is 7.49. The van der Waals surface area contributed by atoms with Crippen molar-refractivity contribution >= 4 is 17.5 Å². The van der Waals surface area contributed by atoms with E-state index in [1.165, 1.54) is 13.8 Å². The smallest absolute Gasteiger partial charge is 0.303 e. The molecule has 154 valence electrons. The zero-order chi connectivity index (χ0) is 20.5. The molecule has 0 aromatic carbocycles. The molecule has 4 aliphatic rings. The molecule has 4 aliphatic carbocycles. The van der Waals surface area contributed by atoms with Crippen molar-refractivity contribution in [3.05, 3.63) is 11.6 Å². The quantitative estimate of drug-likeness (QED) is 0.734. The highest BCUT2D eigenvalue weighted by molar-refractivity contribution is 5.92. The van der Waals surface area contributed by atoms with E-state index in [-0.39, 0.29) is 40.9 Å². The first-order valence-electron chi connectivity index (χ1n) is 10.7. The first-order chi connectivity index (χ1) is 13.0. The average molecular weight is 389 g/mol. The van der Waals surface area contributed by atoms with Gasteiger partial charge in [-0.05, 0) is 80.3 Å². The van der Waals surface area contributed by atoms with Gasteiger partial charge in [0.25, 0.3) is 0 Å². The molecule has 1 N–H and O–H groups in total. The number of carbonyl (C=O) groups is 3. The lowest BCUT2D eigenvalue weighted by molar-refractivity contribution is -0.167. The molecule has 28 heavy (non-hydrogen) atoms. The third-order valence-electron chi connectivity index (χ3n) is 9.00. The van der Waals surface area contributed by atoms with E-state index in [4.69, 9.17) is 4.74 Å². The Morgan fingerprint density at radius 3 is 2.43 bits per heavy atom. The van der Waals surface area contributed by atoms with E-state index in [1.54, 1.807) is 6.08 Å². The van der Waals surface area contributed by atoms with Crippen LogP contribution in [-0.2, 0) is 19.1 Å². The predicted molar refractivity (Wildman–Crippen MR) is 103 cm³/mol. The second-order valence-corrected chi connectivity index (χ2v) is 10.1. The molecule has 0 heterocycles.